The average molecular weight is 529 g/mol. The summed E-state index contributed by atoms with van der Waals surface area (Å²) in [7, 11) is -7.17. The summed E-state index contributed by atoms with van der Waals surface area (Å²) in [6.45, 7) is 0.803. The van der Waals surface area contributed by atoms with Crippen LogP contribution in [0.1, 0.15) is 17.2 Å². The Morgan fingerprint density at radius 3 is 2.50 bits per heavy atom. The minimum absolute atomic E-state index is 0.0519. The van der Waals surface area contributed by atoms with Gasteiger partial charge in [0.15, 0.2) is 9.84 Å². The Morgan fingerprint density at radius 1 is 1.00 bits per heavy atom. The number of anilines is 2. The van der Waals surface area contributed by atoms with Crippen molar-refractivity contribution in [2.45, 2.75) is 22.3 Å². The van der Waals surface area contributed by atoms with E-state index in [2.05, 4.69) is 15.0 Å². The van der Waals surface area contributed by atoms with Crippen LogP contribution >= 0.6 is 0 Å². The maximum absolute atomic E-state index is 12.6. The number of fused-ring (bicyclic) bond motifs is 1. The van der Waals surface area contributed by atoms with Gasteiger partial charge in [-0.05, 0) is 60.5 Å². The predicted molar refractivity (Wildman–Crippen MR) is 141 cm³/mol. The Hall–Kier alpha value is -3.38. The number of nitrogen functional groups attached to an aromatic ring is 1. The number of nitrogens with one attached hydrogen (secondary N) is 3. The van der Waals surface area contributed by atoms with E-state index in [1.807, 2.05) is 6.07 Å². The molecule has 0 bridgehead atoms. The summed E-state index contributed by atoms with van der Waals surface area (Å²) in [5.74, 6) is 0. The van der Waals surface area contributed by atoms with Crippen LogP contribution in [0.5, 0.6) is 0 Å². The fourth-order valence-corrected chi connectivity index (χ4v) is 5.95. The van der Waals surface area contributed by atoms with Gasteiger partial charge >= 0.3 is 0 Å². The molecule has 0 spiro atoms. The van der Waals surface area contributed by atoms with Gasteiger partial charge in [0.1, 0.15) is 0 Å². The van der Waals surface area contributed by atoms with Crippen LogP contribution in [0, 0.1) is 0 Å². The van der Waals surface area contributed by atoms with Gasteiger partial charge < -0.3 is 21.1 Å². The predicted octanol–water partition coefficient (Wildman–Crippen LogP) is 2.82. The quantitative estimate of drug-likeness (QED) is 0.157. The number of hydrogen-bond acceptors (Lipinski definition) is 7. The summed E-state index contributed by atoms with van der Waals surface area (Å²) in [5.41, 5.74) is 8.48. The van der Waals surface area contributed by atoms with E-state index >= 15 is 0 Å². The lowest BCUT2D eigenvalue weighted by Crippen LogP contribution is -2.23. The SMILES string of the molecule is CS(=O)(=O)c1cccc2c(CCNC[C@H](O)c3cccc(NS(=O)(=O)c4cccc(N)c4)c3)c[nH]c12. The smallest absolute Gasteiger partial charge is 0.261 e. The zero-order chi connectivity index (χ0) is 25.9. The Kier molecular flexibility index (Phi) is 7.36. The highest BCUT2D eigenvalue weighted by Crippen LogP contribution is 2.25. The fraction of sp³-hybridized carbons (Fsp3) is 0.200. The Morgan fingerprint density at radius 2 is 1.75 bits per heavy atom. The highest BCUT2D eigenvalue weighted by atomic mass is 32.2. The maximum atomic E-state index is 12.6. The molecule has 0 aliphatic carbocycles. The van der Waals surface area contributed by atoms with Gasteiger partial charge in [0.05, 0.1) is 21.4 Å². The molecule has 36 heavy (non-hydrogen) atoms. The molecule has 0 aliphatic rings. The molecular weight excluding hydrogens is 500 g/mol. The summed E-state index contributed by atoms with van der Waals surface area (Å²) in [6, 6.07) is 17.8. The molecular formula is C25H28N4O5S2. The third-order valence-corrected chi connectivity index (χ3v) is 8.28. The normalized spacial score (nSPS) is 13.1. The van der Waals surface area contributed by atoms with Crippen molar-refractivity contribution >= 4 is 42.1 Å². The lowest BCUT2D eigenvalue weighted by atomic mass is 10.1. The molecule has 0 unspecified atom stereocenters. The van der Waals surface area contributed by atoms with Gasteiger partial charge in [-0.3, -0.25) is 4.72 Å². The van der Waals surface area contributed by atoms with Crippen LogP contribution in [0.2, 0.25) is 0 Å². The highest BCUT2D eigenvalue weighted by molar-refractivity contribution is 7.92. The van der Waals surface area contributed by atoms with Crippen LogP contribution in [0.25, 0.3) is 10.9 Å². The molecule has 0 amide bonds. The summed E-state index contributed by atoms with van der Waals surface area (Å²) >= 11 is 0. The molecule has 4 rings (SSSR count). The van der Waals surface area contributed by atoms with Crippen molar-refractivity contribution in [3.63, 3.8) is 0 Å². The number of rotatable bonds is 10. The second-order valence-electron chi connectivity index (χ2n) is 8.54. The van der Waals surface area contributed by atoms with Gasteiger partial charge in [-0.1, -0.05) is 30.3 Å². The molecule has 0 saturated carbocycles. The second kappa shape index (κ2) is 10.3. The Balaban J connectivity index is 1.36. The first-order chi connectivity index (χ1) is 17.0. The van der Waals surface area contributed by atoms with E-state index < -0.39 is 26.0 Å². The van der Waals surface area contributed by atoms with E-state index in [4.69, 9.17) is 5.73 Å². The number of aliphatic hydroxyl groups is 1. The number of hydrogen-bond donors (Lipinski definition) is 5. The molecule has 9 nitrogen and oxygen atoms in total. The van der Waals surface area contributed by atoms with E-state index in [1.54, 1.807) is 54.7 Å². The summed E-state index contributed by atoms with van der Waals surface area (Å²) in [4.78, 5) is 3.38. The van der Waals surface area contributed by atoms with E-state index in [9.17, 15) is 21.9 Å². The van der Waals surface area contributed by atoms with Crippen molar-refractivity contribution in [1.82, 2.24) is 10.3 Å². The molecule has 0 fully saturated rings. The fourth-order valence-electron chi connectivity index (χ4n) is 3.99. The third kappa shape index (κ3) is 5.88. The van der Waals surface area contributed by atoms with E-state index in [0.717, 1.165) is 10.9 Å². The summed E-state index contributed by atoms with van der Waals surface area (Å²) in [5, 5.41) is 14.7. The van der Waals surface area contributed by atoms with Crippen molar-refractivity contribution in [1.29, 1.82) is 0 Å². The van der Waals surface area contributed by atoms with Crippen molar-refractivity contribution in [2.75, 3.05) is 29.8 Å². The van der Waals surface area contributed by atoms with Crippen LogP contribution in [0.15, 0.2) is 82.7 Å². The first-order valence-electron chi connectivity index (χ1n) is 11.2. The van der Waals surface area contributed by atoms with Crippen LogP contribution < -0.4 is 15.8 Å². The lowest BCUT2D eigenvalue weighted by molar-refractivity contribution is 0.175. The van der Waals surface area contributed by atoms with Crippen LogP contribution in [0.4, 0.5) is 11.4 Å². The van der Waals surface area contributed by atoms with E-state index in [0.29, 0.717) is 35.4 Å². The Bertz CT molecular complexity index is 1600. The van der Waals surface area contributed by atoms with E-state index in [1.165, 1.54) is 18.4 Å². The largest absolute Gasteiger partial charge is 0.399 e. The average Bonchev–Trinajstić information content (AvgIpc) is 3.24. The molecule has 11 heteroatoms. The number of para-hydroxylation sites is 1. The molecule has 6 N–H and O–H groups in total. The monoisotopic (exact) mass is 528 g/mol. The molecule has 190 valence electrons. The molecule has 0 aliphatic heterocycles. The van der Waals surface area contributed by atoms with Crippen LogP contribution in [0.3, 0.4) is 0 Å². The van der Waals surface area contributed by atoms with Gasteiger partial charge in [0, 0.05) is 35.8 Å². The molecule has 0 radical (unpaired) electrons. The minimum atomic E-state index is -3.82. The molecule has 1 atom stereocenters. The minimum Gasteiger partial charge on any atom is -0.399 e. The van der Waals surface area contributed by atoms with Crippen LogP contribution in [-0.2, 0) is 26.3 Å². The topological polar surface area (TPSA) is 154 Å². The van der Waals surface area contributed by atoms with Gasteiger partial charge in [-0.25, -0.2) is 16.8 Å². The second-order valence-corrected chi connectivity index (χ2v) is 12.2. The third-order valence-electron chi connectivity index (χ3n) is 5.76. The maximum Gasteiger partial charge on any atom is 0.261 e. The first-order valence-corrected chi connectivity index (χ1v) is 14.6. The van der Waals surface area contributed by atoms with Gasteiger partial charge in [-0.2, -0.15) is 0 Å². The molecule has 4 aromatic rings. The molecule has 3 aromatic carbocycles. The molecule has 1 heterocycles. The summed E-state index contributed by atoms with van der Waals surface area (Å²) in [6.07, 6.45) is 2.75. The van der Waals surface area contributed by atoms with Crippen LogP contribution in [-0.4, -0.2) is 46.3 Å². The standard InChI is InChI=1S/C25H28N4O5S2/c1-35(31,32)24-10-4-9-22-18(15-28-25(22)24)11-12-27-16-23(30)17-5-2-7-20(13-17)29-36(33,34)21-8-3-6-19(26)14-21/h2-10,13-15,23,27-30H,11-12,16,26H2,1H3/t23-/m0/s1. The lowest BCUT2D eigenvalue weighted by Gasteiger charge is -2.14. The number of nitrogens with two attached hydrogens (primary N) is 1. The van der Waals surface area contributed by atoms with Gasteiger partial charge in [-0.15, -0.1) is 0 Å². The number of sulfone groups is 1. The van der Waals surface area contributed by atoms with Gasteiger partial charge in [0.25, 0.3) is 10.0 Å². The zero-order valence-electron chi connectivity index (χ0n) is 19.6. The number of benzene rings is 3. The summed E-state index contributed by atoms with van der Waals surface area (Å²) < 4.78 is 51.8. The first kappa shape index (κ1) is 25.7. The van der Waals surface area contributed by atoms with Gasteiger partial charge in [0.2, 0.25) is 0 Å². The number of sulfonamides is 1. The number of aliphatic hydroxyl groups excluding tert-OH is 1. The number of aromatic amines is 1. The van der Waals surface area contributed by atoms with Crippen molar-refractivity contribution < 1.29 is 21.9 Å². The van der Waals surface area contributed by atoms with Crippen molar-refractivity contribution in [3.8, 4) is 0 Å². The van der Waals surface area contributed by atoms with Crippen molar-refractivity contribution in [3.05, 3.63) is 84.1 Å². The highest BCUT2D eigenvalue weighted by Gasteiger charge is 2.17. The molecule has 0 saturated heterocycles. The van der Waals surface area contributed by atoms with E-state index in [-0.39, 0.29) is 16.3 Å². The van der Waals surface area contributed by atoms with Crippen molar-refractivity contribution in [2.24, 2.45) is 0 Å². The molecule has 1 aromatic heterocycles. The number of H-pyrrole nitrogens is 1. The Labute approximate surface area is 210 Å². The number of aromatic nitrogens is 1. The zero-order valence-corrected chi connectivity index (χ0v) is 21.2.